The lowest BCUT2D eigenvalue weighted by atomic mass is 10.1. The number of non-ortho nitro benzene ring substituents is 1. The molecule has 0 bridgehead atoms. The van der Waals surface area contributed by atoms with Crippen LogP contribution in [0.4, 0.5) is 11.4 Å². The molecule has 7 nitrogen and oxygen atoms in total. The summed E-state index contributed by atoms with van der Waals surface area (Å²) in [5.74, 6) is -0.889. The van der Waals surface area contributed by atoms with E-state index in [1.165, 1.54) is 18.2 Å². The summed E-state index contributed by atoms with van der Waals surface area (Å²) in [6.45, 7) is 0.305. The van der Waals surface area contributed by atoms with Crippen LogP contribution in [-0.4, -0.2) is 23.3 Å². The van der Waals surface area contributed by atoms with Crippen molar-refractivity contribution in [1.82, 2.24) is 5.32 Å². The number of nitro benzene ring substituents is 1. The highest BCUT2D eigenvalue weighted by atomic mass is 16.6. The molecule has 1 atom stereocenters. The number of nitrogens with one attached hydrogen (secondary N) is 2. The first-order valence-corrected chi connectivity index (χ1v) is 5.38. The van der Waals surface area contributed by atoms with Gasteiger partial charge in [-0.25, -0.2) is 0 Å². The minimum atomic E-state index is -0.531. The Morgan fingerprint density at radius 1 is 1.50 bits per heavy atom. The highest BCUT2D eigenvalue weighted by molar-refractivity contribution is 5.97. The topological polar surface area (TPSA) is 101 Å². The minimum absolute atomic E-state index is 0.0894. The Morgan fingerprint density at radius 2 is 2.28 bits per heavy atom. The lowest BCUT2D eigenvalue weighted by Gasteiger charge is -2.08. The number of amides is 2. The van der Waals surface area contributed by atoms with Crippen molar-refractivity contribution in [2.24, 2.45) is 5.92 Å². The van der Waals surface area contributed by atoms with Crippen LogP contribution in [0, 0.1) is 16.0 Å². The molecule has 1 aliphatic heterocycles. The van der Waals surface area contributed by atoms with E-state index in [0.29, 0.717) is 12.2 Å². The van der Waals surface area contributed by atoms with Crippen LogP contribution in [0.1, 0.15) is 6.42 Å². The molecule has 1 aromatic rings. The third kappa shape index (κ3) is 2.62. The van der Waals surface area contributed by atoms with E-state index in [9.17, 15) is 19.7 Å². The molecule has 1 aliphatic rings. The molecule has 18 heavy (non-hydrogen) atoms. The van der Waals surface area contributed by atoms with Crippen molar-refractivity contribution in [2.75, 3.05) is 11.9 Å². The number of rotatable bonds is 3. The van der Waals surface area contributed by atoms with Crippen molar-refractivity contribution in [3.8, 4) is 0 Å². The maximum atomic E-state index is 11.8. The number of carbonyl (C=O) groups is 2. The minimum Gasteiger partial charge on any atom is -0.355 e. The molecule has 0 aromatic heterocycles. The highest BCUT2D eigenvalue weighted by Crippen LogP contribution is 2.19. The molecule has 1 heterocycles. The highest BCUT2D eigenvalue weighted by Gasteiger charge is 2.27. The van der Waals surface area contributed by atoms with Gasteiger partial charge >= 0.3 is 0 Å². The van der Waals surface area contributed by atoms with Crippen LogP contribution >= 0.6 is 0 Å². The van der Waals surface area contributed by atoms with Gasteiger partial charge in [0.25, 0.3) is 5.69 Å². The van der Waals surface area contributed by atoms with Gasteiger partial charge in [0.05, 0.1) is 10.8 Å². The zero-order chi connectivity index (χ0) is 13.1. The van der Waals surface area contributed by atoms with Gasteiger partial charge in [0.2, 0.25) is 11.8 Å². The number of hydrogen-bond acceptors (Lipinski definition) is 4. The second-order valence-electron chi connectivity index (χ2n) is 4.00. The normalized spacial score (nSPS) is 18.2. The van der Waals surface area contributed by atoms with Gasteiger partial charge < -0.3 is 10.6 Å². The van der Waals surface area contributed by atoms with Gasteiger partial charge in [-0.05, 0) is 6.07 Å². The molecule has 0 radical (unpaired) electrons. The van der Waals surface area contributed by atoms with E-state index in [1.807, 2.05) is 0 Å². The van der Waals surface area contributed by atoms with Crippen molar-refractivity contribution < 1.29 is 14.5 Å². The van der Waals surface area contributed by atoms with Crippen LogP contribution in [0.15, 0.2) is 24.3 Å². The Kier molecular flexibility index (Phi) is 3.22. The fraction of sp³-hybridized carbons (Fsp3) is 0.273. The fourth-order valence-electron chi connectivity index (χ4n) is 1.73. The molecule has 0 saturated carbocycles. The van der Waals surface area contributed by atoms with E-state index < -0.39 is 10.8 Å². The van der Waals surface area contributed by atoms with E-state index in [4.69, 9.17) is 0 Å². The molecule has 2 N–H and O–H groups in total. The van der Waals surface area contributed by atoms with Crippen LogP contribution < -0.4 is 10.6 Å². The summed E-state index contributed by atoms with van der Waals surface area (Å²) in [6, 6.07) is 5.68. The summed E-state index contributed by atoms with van der Waals surface area (Å²) in [6.07, 6.45) is 0.154. The van der Waals surface area contributed by atoms with Gasteiger partial charge in [-0.2, -0.15) is 0 Å². The van der Waals surface area contributed by atoms with Crippen molar-refractivity contribution in [3.05, 3.63) is 34.4 Å². The molecule has 1 aromatic carbocycles. The molecular formula is C11H11N3O4. The fourth-order valence-corrected chi connectivity index (χ4v) is 1.73. The van der Waals surface area contributed by atoms with Crippen LogP contribution in [0.2, 0.25) is 0 Å². The molecule has 2 amide bonds. The predicted molar refractivity (Wildman–Crippen MR) is 62.8 cm³/mol. The lowest BCUT2D eigenvalue weighted by molar-refractivity contribution is -0.384. The van der Waals surface area contributed by atoms with Gasteiger partial charge in [-0.15, -0.1) is 0 Å². The van der Waals surface area contributed by atoms with Crippen LogP contribution in [-0.2, 0) is 9.59 Å². The molecular weight excluding hydrogens is 238 g/mol. The number of anilines is 1. The molecule has 7 heteroatoms. The number of benzene rings is 1. The van der Waals surface area contributed by atoms with Gasteiger partial charge in [0.15, 0.2) is 0 Å². The Labute approximate surface area is 102 Å². The Hall–Kier alpha value is -2.44. The average Bonchev–Trinajstić information content (AvgIpc) is 2.76. The second kappa shape index (κ2) is 4.82. The van der Waals surface area contributed by atoms with Crippen LogP contribution in [0.25, 0.3) is 0 Å². The van der Waals surface area contributed by atoms with E-state index in [0.717, 1.165) is 0 Å². The zero-order valence-electron chi connectivity index (χ0n) is 9.38. The quantitative estimate of drug-likeness (QED) is 0.607. The van der Waals surface area contributed by atoms with E-state index in [-0.39, 0.29) is 23.9 Å². The van der Waals surface area contributed by atoms with E-state index in [1.54, 1.807) is 6.07 Å². The molecule has 0 aliphatic carbocycles. The molecule has 1 unspecified atom stereocenters. The van der Waals surface area contributed by atoms with E-state index >= 15 is 0 Å². The number of nitrogens with zero attached hydrogens (tertiary/aromatic N) is 1. The number of hydrogen-bond donors (Lipinski definition) is 2. The summed E-state index contributed by atoms with van der Waals surface area (Å²) in [7, 11) is 0. The predicted octanol–water partition coefficient (Wildman–Crippen LogP) is 0.669. The molecule has 1 fully saturated rings. The summed E-state index contributed by atoms with van der Waals surface area (Å²) in [5.41, 5.74) is 0.266. The first-order chi connectivity index (χ1) is 8.56. The maximum absolute atomic E-state index is 11.8. The summed E-state index contributed by atoms with van der Waals surface area (Å²) in [4.78, 5) is 32.8. The van der Waals surface area contributed by atoms with Gasteiger partial charge in [-0.3, -0.25) is 19.7 Å². The molecule has 1 saturated heterocycles. The third-order valence-corrected chi connectivity index (χ3v) is 2.67. The second-order valence-corrected chi connectivity index (χ2v) is 4.00. The standard InChI is InChI=1S/C11H11N3O4/c15-10-4-7(6-12-10)11(16)13-8-2-1-3-9(5-8)14(17)18/h1-3,5,7H,4,6H2,(H,12,15)(H,13,16). The Morgan fingerprint density at radius 3 is 2.89 bits per heavy atom. The monoisotopic (exact) mass is 249 g/mol. The number of carbonyl (C=O) groups excluding carboxylic acids is 2. The SMILES string of the molecule is O=C1CC(C(=O)Nc2cccc([N+](=O)[O-])c2)CN1. The van der Waals surface area contributed by atoms with Crippen molar-refractivity contribution >= 4 is 23.2 Å². The molecule has 0 spiro atoms. The Balaban J connectivity index is 2.05. The van der Waals surface area contributed by atoms with E-state index in [2.05, 4.69) is 10.6 Å². The summed E-state index contributed by atoms with van der Waals surface area (Å²) in [5, 5.41) is 15.7. The van der Waals surface area contributed by atoms with Crippen LogP contribution in [0.3, 0.4) is 0 Å². The third-order valence-electron chi connectivity index (χ3n) is 2.67. The van der Waals surface area contributed by atoms with Crippen molar-refractivity contribution in [1.29, 1.82) is 0 Å². The van der Waals surface area contributed by atoms with Gasteiger partial charge in [-0.1, -0.05) is 6.07 Å². The summed E-state index contributed by atoms with van der Waals surface area (Å²) < 4.78 is 0. The lowest BCUT2D eigenvalue weighted by Crippen LogP contribution is -2.24. The smallest absolute Gasteiger partial charge is 0.271 e. The van der Waals surface area contributed by atoms with Crippen molar-refractivity contribution in [2.45, 2.75) is 6.42 Å². The molecule has 2 rings (SSSR count). The van der Waals surface area contributed by atoms with Crippen LogP contribution in [0.5, 0.6) is 0 Å². The first-order valence-electron chi connectivity index (χ1n) is 5.38. The maximum Gasteiger partial charge on any atom is 0.271 e. The zero-order valence-corrected chi connectivity index (χ0v) is 9.38. The Bertz CT molecular complexity index is 515. The van der Waals surface area contributed by atoms with Gasteiger partial charge in [0.1, 0.15) is 0 Å². The first kappa shape index (κ1) is 12.0. The van der Waals surface area contributed by atoms with Crippen molar-refractivity contribution in [3.63, 3.8) is 0 Å². The number of nitro groups is 1. The molecule has 94 valence electrons. The largest absolute Gasteiger partial charge is 0.355 e. The van der Waals surface area contributed by atoms with Gasteiger partial charge in [0, 0.05) is 30.8 Å². The average molecular weight is 249 g/mol. The summed E-state index contributed by atoms with van der Waals surface area (Å²) >= 11 is 0.